The summed E-state index contributed by atoms with van der Waals surface area (Å²) in [5, 5.41) is 0. The standard InChI is InChI=1S/C12H13NO4/c1-14-11-10(8-17-12(11)15-2)16-7-9-5-3-4-6-13-9/h3-6,8H,7H2,1-2H3. The fourth-order valence-electron chi connectivity index (χ4n) is 1.37. The van der Waals surface area contributed by atoms with E-state index in [4.69, 9.17) is 18.6 Å². The molecule has 5 heteroatoms. The lowest BCUT2D eigenvalue weighted by Crippen LogP contribution is -1.98. The molecule has 0 bridgehead atoms. The van der Waals surface area contributed by atoms with Crippen LogP contribution in [0.5, 0.6) is 17.4 Å². The zero-order valence-electron chi connectivity index (χ0n) is 9.67. The van der Waals surface area contributed by atoms with Crippen LogP contribution in [0.15, 0.2) is 35.1 Å². The Morgan fingerprint density at radius 2 is 2.12 bits per heavy atom. The molecule has 2 aromatic heterocycles. The number of methoxy groups -OCH3 is 2. The normalized spacial score (nSPS) is 10.0. The van der Waals surface area contributed by atoms with Gasteiger partial charge in [0.25, 0.3) is 0 Å². The van der Waals surface area contributed by atoms with Crippen LogP contribution >= 0.6 is 0 Å². The summed E-state index contributed by atoms with van der Waals surface area (Å²) in [7, 11) is 3.03. The first-order valence-corrected chi connectivity index (χ1v) is 5.07. The topological polar surface area (TPSA) is 53.7 Å². The second-order valence-electron chi connectivity index (χ2n) is 3.23. The van der Waals surface area contributed by atoms with Gasteiger partial charge in [0, 0.05) is 6.20 Å². The monoisotopic (exact) mass is 235 g/mol. The van der Waals surface area contributed by atoms with Gasteiger partial charge in [-0.25, -0.2) is 0 Å². The van der Waals surface area contributed by atoms with Crippen LogP contribution in [0.4, 0.5) is 0 Å². The number of furan rings is 1. The minimum atomic E-state index is 0.295. The molecular formula is C12H13NO4. The molecule has 0 atom stereocenters. The van der Waals surface area contributed by atoms with Crippen LogP contribution in [0, 0.1) is 0 Å². The van der Waals surface area contributed by atoms with Crippen LogP contribution in [0.1, 0.15) is 5.69 Å². The summed E-state index contributed by atoms with van der Waals surface area (Å²) >= 11 is 0. The van der Waals surface area contributed by atoms with Crippen molar-refractivity contribution < 1.29 is 18.6 Å². The molecule has 5 nitrogen and oxygen atoms in total. The number of ether oxygens (including phenoxy) is 3. The maximum absolute atomic E-state index is 5.54. The fraction of sp³-hybridized carbons (Fsp3) is 0.250. The predicted octanol–water partition coefficient (Wildman–Crippen LogP) is 2.27. The number of rotatable bonds is 5. The number of hydrogen-bond acceptors (Lipinski definition) is 5. The van der Waals surface area contributed by atoms with Crippen molar-refractivity contribution in [3.8, 4) is 17.4 Å². The van der Waals surface area contributed by atoms with Gasteiger partial charge in [0.1, 0.15) is 12.9 Å². The van der Waals surface area contributed by atoms with Crippen LogP contribution in [0.3, 0.4) is 0 Å². The van der Waals surface area contributed by atoms with Crippen LogP contribution < -0.4 is 14.2 Å². The van der Waals surface area contributed by atoms with E-state index in [-0.39, 0.29) is 0 Å². The van der Waals surface area contributed by atoms with E-state index in [2.05, 4.69) is 4.98 Å². The smallest absolute Gasteiger partial charge is 0.332 e. The summed E-state index contributed by atoms with van der Waals surface area (Å²) in [4.78, 5) is 4.15. The highest BCUT2D eigenvalue weighted by Crippen LogP contribution is 2.39. The van der Waals surface area contributed by atoms with E-state index in [1.165, 1.54) is 20.5 Å². The van der Waals surface area contributed by atoms with E-state index in [9.17, 15) is 0 Å². The molecule has 2 rings (SSSR count). The van der Waals surface area contributed by atoms with Crippen molar-refractivity contribution in [3.63, 3.8) is 0 Å². The first-order chi connectivity index (χ1) is 8.35. The second-order valence-corrected chi connectivity index (χ2v) is 3.23. The van der Waals surface area contributed by atoms with Crippen LogP contribution in [-0.2, 0) is 6.61 Å². The summed E-state index contributed by atoms with van der Waals surface area (Å²) in [5.74, 6) is 1.24. The molecule has 0 radical (unpaired) electrons. The average Bonchev–Trinajstić information content (AvgIpc) is 2.79. The number of aromatic nitrogens is 1. The van der Waals surface area contributed by atoms with Crippen LogP contribution in [0.2, 0.25) is 0 Å². The molecule has 0 aromatic carbocycles. The van der Waals surface area contributed by atoms with Crippen molar-refractivity contribution in [3.05, 3.63) is 36.4 Å². The van der Waals surface area contributed by atoms with Gasteiger partial charge in [-0.2, -0.15) is 0 Å². The van der Waals surface area contributed by atoms with Gasteiger partial charge < -0.3 is 18.6 Å². The highest BCUT2D eigenvalue weighted by molar-refractivity contribution is 5.45. The Balaban J connectivity index is 2.06. The largest absolute Gasteiger partial charge is 0.487 e. The number of nitrogens with zero attached hydrogens (tertiary/aromatic N) is 1. The first kappa shape index (κ1) is 11.3. The zero-order valence-corrected chi connectivity index (χ0v) is 9.67. The highest BCUT2D eigenvalue weighted by atomic mass is 16.6. The van der Waals surface area contributed by atoms with Crippen molar-refractivity contribution in [1.82, 2.24) is 4.98 Å². The van der Waals surface area contributed by atoms with Crippen molar-refractivity contribution in [2.24, 2.45) is 0 Å². The predicted molar refractivity (Wildman–Crippen MR) is 60.4 cm³/mol. The van der Waals surface area contributed by atoms with E-state index < -0.39 is 0 Å². The lowest BCUT2D eigenvalue weighted by Gasteiger charge is -2.05. The quantitative estimate of drug-likeness (QED) is 0.795. The molecule has 0 aliphatic rings. The molecule has 2 aromatic rings. The fourth-order valence-corrected chi connectivity index (χ4v) is 1.37. The van der Waals surface area contributed by atoms with Crippen molar-refractivity contribution in [2.45, 2.75) is 6.61 Å². The summed E-state index contributed by atoms with van der Waals surface area (Å²) < 4.78 is 20.8. The molecule has 0 aliphatic carbocycles. The minimum Gasteiger partial charge on any atom is -0.487 e. The molecule has 0 fully saturated rings. The maximum atomic E-state index is 5.54. The Morgan fingerprint density at radius 3 is 2.76 bits per heavy atom. The lowest BCUT2D eigenvalue weighted by molar-refractivity contribution is 0.271. The lowest BCUT2D eigenvalue weighted by atomic mass is 10.4. The van der Waals surface area contributed by atoms with Gasteiger partial charge in [-0.1, -0.05) is 6.07 Å². The number of pyridine rings is 1. The summed E-state index contributed by atoms with van der Waals surface area (Å²) in [6.45, 7) is 0.347. The molecular weight excluding hydrogens is 222 g/mol. The highest BCUT2D eigenvalue weighted by Gasteiger charge is 2.16. The van der Waals surface area contributed by atoms with Crippen LogP contribution in [-0.4, -0.2) is 19.2 Å². The first-order valence-electron chi connectivity index (χ1n) is 5.07. The molecule has 0 spiro atoms. The van der Waals surface area contributed by atoms with E-state index in [0.29, 0.717) is 24.1 Å². The Morgan fingerprint density at radius 1 is 1.24 bits per heavy atom. The Kier molecular flexibility index (Phi) is 3.49. The SMILES string of the molecule is COc1occ(OCc2ccccn2)c1OC. The number of hydrogen-bond donors (Lipinski definition) is 0. The second kappa shape index (κ2) is 5.25. The van der Waals surface area contributed by atoms with E-state index in [0.717, 1.165) is 5.69 Å². The maximum Gasteiger partial charge on any atom is 0.332 e. The average molecular weight is 235 g/mol. The van der Waals surface area contributed by atoms with Crippen molar-refractivity contribution >= 4 is 0 Å². The van der Waals surface area contributed by atoms with E-state index in [1.807, 2.05) is 18.2 Å². The molecule has 0 N–H and O–H groups in total. The third-order valence-electron chi connectivity index (χ3n) is 2.17. The van der Waals surface area contributed by atoms with E-state index >= 15 is 0 Å². The Hall–Kier alpha value is -2.17. The summed E-state index contributed by atoms with van der Waals surface area (Å²) in [5.41, 5.74) is 0.828. The molecule has 90 valence electrons. The van der Waals surface area contributed by atoms with E-state index in [1.54, 1.807) is 6.20 Å². The van der Waals surface area contributed by atoms with Crippen LogP contribution in [0.25, 0.3) is 0 Å². The molecule has 0 unspecified atom stereocenters. The molecule has 0 aliphatic heterocycles. The van der Waals surface area contributed by atoms with Crippen molar-refractivity contribution in [1.29, 1.82) is 0 Å². The molecule has 0 saturated carbocycles. The van der Waals surface area contributed by atoms with Gasteiger partial charge in [-0.15, -0.1) is 0 Å². The molecule has 0 saturated heterocycles. The Labute approximate surface area is 98.9 Å². The van der Waals surface area contributed by atoms with Gasteiger partial charge in [0.2, 0.25) is 11.5 Å². The Bertz CT molecular complexity index is 467. The van der Waals surface area contributed by atoms with Gasteiger partial charge in [0.05, 0.1) is 19.9 Å². The van der Waals surface area contributed by atoms with Gasteiger partial charge in [0.15, 0.2) is 0 Å². The van der Waals surface area contributed by atoms with Gasteiger partial charge in [-0.3, -0.25) is 4.98 Å². The third-order valence-corrected chi connectivity index (χ3v) is 2.17. The molecule has 2 heterocycles. The zero-order chi connectivity index (χ0) is 12.1. The molecule has 0 amide bonds. The van der Waals surface area contributed by atoms with Gasteiger partial charge >= 0.3 is 5.95 Å². The molecule has 17 heavy (non-hydrogen) atoms. The van der Waals surface area contributed by atoms with Crippen molar-refractivity contribution in [2.75, 3.05) is 14.2 Å². The van der Waals surface area contributed by atoms with Gasteiger partial charge in [-0.05, 0) is 12.1 Å². The summed E-state index contributed by atoms with van der Waals surface area (Å²) in [6, 6.07) is 5.63. The minimum absolute atomic E-state index is 0.295. The summed E-state index contributed by atoms with van der Waals surface area (Å²) in [6.07, 6.45) is 3.16. The third kappa shape index (κ3) is 2.50.